The minimum absolute atomic E-state index is 0.00884. The standard InChI is InChI=1S/C10H7NO4/c12-5-1-2-8-3-4-9(7-13)10(6-8)11(14)15/h3-4,6-7,12H,5H2. The topological polar surface area (TPSA) is 80.4 Å². The molecule has 0 aliphatic rings. The molecule has 1 rings (SSSR count). The third kappa shape index (κ3) is 2.62. The molecule has 0 unspecified atom stereocenters. The predicted octanol–water partition coefficient (Wildman–Crippen LogP) is 0.751. The SMILES string of the molecule is O=Cc1ccc(C#CCO)cc1[N+](=O)[O-]. The van der Waals surface area contributed by atoms with Crippen LogP contribution in [0, 0.1) is 22.0 Å². The van der Waals surface area contributed by atoms with Crippen LogP contribution in [0.15, 0.2) is 18.2 Å². The van der Waals surface area contributed by atoms with E-state index in [2.05, 4.69) is 11.8 Å². The van der Waals surface area contributed by atoms with Gasteiger partial charge in [0.1, 0.15) is 6.61 Å². The van der Waals surface area contributed by atoms with E-state index in [1.807, 2.05) is 0 Å². The van der Waals surface area contributed by atoms with Crippen molar-refractivity contribution < 1.29 is 14.8 Å². The molecule has 0 aliphatic carbocycles. The van der Waals surface area contributed by atoms with E-state index >= 15 is 0 Å². The third-order valence-corrected chi connectivity index (χ3v) is 1.67. The Bertz CT molecular complexity index is 456. The first kappa shape index (κ1) is 10.9. The molecule has 0 bridgehead atoms. The summed E-state index contributed by atoms with van der Waals surface area (Å²) in [4.78, 5) is 20.4. The first-order valence-electron chi connectivity index (χ1n) is 4.02. The number of nitro benzene ring substituents is 1. The van der Waals surface area contributed by atoms with E-state index in [1.54, 1.807) is 0 Å². The van der Waals surface area contributed by atoms with Crippen molar-refractivity contribution in [1.29, 1.82) is 0 Å². The molecule has 0 saturated carbocycles. The maximum absolute atomic E-state index is 10.6. The molecular weight excluding hydrogens is 198 g/mol. The molecule has 0 saturated heterocycles. The Morgan fingerprint density at radius 3 is 2.80 bits per heavy atom. The quantitative estimate of drug-likeness (QED) is 0.334. The van der Waals surface area contributed by atoms with Gasteiger partial charge >= 0.3 is 0 Å². The molecule has 0 atom stereocenters. The Labute approximate surface area is 85.5 Å². The Hall–Kier alpha value is -2.19. The summed E-state index contributed by atoms with van der Waals surface area (Å²) in [6.07, 6.45) is 0.418. The molecule has 0 heterocycles. The van der Waals surface area contributed by atoms with Crippen LogP contribution in [0.1, 0.15) is 15.9 Å². The van der Waals surface area contributed by atoms with E-state index in [1.165, 1.54) is 18.2 Å². The number of carbonyl (C=O) groups is 1. The minimum atomic E-state index is -0.645. The molecule has 0 aromatic heterocycles. The maximum atomic E-state index is 10.6. The average molecular weight is 205 g/mol. The van der Waals surface area contributed by atoms with E-state index in [4.69, 9.17) is 5.11 Å². The molecule has 5 nitrogen and oxygen atoms in total. The number of nitrogens with zero attached hydrogens (tertiary/aromatic N) is 1. The van der Waals surface area contributed by atoms with Crippen molar-refractivity contribution in [3.05, 3.63) is 39.4 Å². The number of carbonyl (C=O) groups excluding carboxylic acids is 1. The molecule has 0 spiro atoms. The molecule has 15 heavy (non-hydrogen) atoms. The largest absolute Gasteiger partial charge is 0.384 e. The lowest BCUT2D eigenvalue weighted by molar-refractivity contribution is -0.385. The molecule has 0 amide bonds. The van der Waals surface area contributed by atoms with Crippen LogP contribution in [-0.2, 0) is 0 Å². The fourth-order valence-corrected chi connectivity index (χ4v) is 1.02. The van der Waals surface area contributed by atoms with Gasteiger partial charge in [-0.3, -0.25) is 14.9 Å². The van der Waals surface area contributed by atoms with Crippen molar-refractivity contribution in [3.63, 3.8) is 0 Å². The van der Waals surface area contributed by atoms with Crippen LogP contribution < -0.4 is 0 Å². The lowest BCUT2D eigenvalue weighted by Crippen LogP contribution is -1.94. The van der Waals surface area contributed by atoms with Gasteiger partial charge in [-0.15, -0.1) is 0 Å². The highest BCUT2D eigenvalue weighted by Gasteiger charge is 2.12. The summed E-state index contributed by atoms with van der Waals surface area (Å²) in [5.41, 5.74) is 0.116. The number of aldehydes is 1. The molecule has 0 fully saturated rings. The molecule has 76 valence electrons. The van der Waals surface area contributed by atoms with Gasteiger partial charge in [-0.25, -0.2) is 0 Å². The number of hydrogen-bond donors (Lipinski definition) is 1. The van der Waals surface area contributed by atoms with Crippen LogP contribution in [-0.4, -0.2) is 22.9 Å². The van der Waals surface area contributed by atoms with Gasteiger partial charge in [-0.1, -0.05) is 11.8 Å². The highest BCUT2D eigenvalue weighted by Crippen LogP contribution is 2.17. The van der Waals surface area contributed by atoms with Crippen molar-refractivity contribution in [1.82, 2.24) is 0 Å². The van der Waals surface area contributed by atoms with E-state index < -0.39 is 4.92 Å². The van der Waals surface area contributed by atoms with Gasteiger partial charge in [0.15, 0.2) is 6.29 Å². The summed E-state index contributed by atoms with van der Waals surface area (Å²) in [6.45, 7) is -0.316. The fourth-order valence-electron chi connectivity index (χ4n) is 1.02. The molecule has 0 aliphatic heterocycles. The van der Waals surface area contributed by atoms with Gasteiger partial charge < -0.3 is 5.11 Å². The van der Waals surface area contributed by atoms with Crippen molar-refractivity contribution in [3.8, 4) is 11.8 Å². The van der Waals surface area contributed by atoms with Crippen molar-refractivity contribution in [2.45, 2.75) is 0 Å². The lowest BCUT2D eigenvalue weighted by atomic mass is 10.1. The molecule has 0 radical (unpaired) electrons. The summed E-state index contributed by atoms with van der Waals surface area (Å²) in [5, 5.41) is 19.0. The van der Waals surface area contributed by atoms with Crippen molar-refractivity contribution in [2.75, 3.05) is 6.61 Å². The number of hydrogen-bond acceptors (Lipinski definition) is 4. The molecule has 1 aromatic rings. The van der Waals surface area contributed by atoms with Crippen LogP contribution in [0.25, 0.3) is 0 Å². The average Bonchev–Trinajstić information content (AvgIpc) is 2.25. The van der Waals surface area contributed by atoms with Crippen LogP contribution in [0.3, 0.4) is 0 Å². The van der Waals surface area contributed by atoms with E-state index in [0.29, 0.717) is 11.8 Å². The second-order valence-electron chi connectivity index (χ2n) is 2.61. The molecule has 1 N–H and O–H groups in total. The smallest absolute Gasteiger partial charge is 0.281 e. The number of rotatable bonds is 2. The lowest BCUT2D eigenvalue weighted by Gasteiger charge is -1.95. The predicted molar refractivity (Wildman–Crippen MR) is 52.4 cm³/mol. The Morgan fingerprint density at radius 1 is 1.53 bits per heavy atom. The zero-order valence-electron chi connectivity index (χ0n) is 7.64. The van der Waals surface area contributed by atoms with Crippen LogP contribution >= 0.6 is 0 Å². The number of aliphatic hydroxyl groups is 1. The van der Waals surface area contributed by atoms with E-state index in [9.17, 15) is 14.9 Å². The maximum Gasteiger partial charge on any atom is 0.281 e. The summed E-state index contributed by atoms with van der Waals surface area (Å²) >= 11 is 0. The van der Waals surface area contributed by atoms with Crippen LogP contribution in [0.5, 0.6) is 0 Å². The molecule has 1 aromatic carbocycles. The molecular formula is C10H7NO4. The monoisotopic (exact) mass is 205 g/mol. The first-order valence-corrected chi connectivity index (χ1v) is 4.02. The zero-order valence-corrected chi connectivity index (χ0v) is 7.64. The number of aliphatic hydroxyl groups excluding tert-OH is 1. The summed E-state index contributed by atoms with van der Waals surface area (Å²) in [7, 11) is 0. The van der Waals surface area contributed by atoms with Gasteiger partial charge in [0.25, 0.3) is 5.69 Å². The van der Waals surface area contributed by atoms with Gasteiger partial charge in [-0.05, 0) is 12.1 Å². The number of benzene rings is 1. The van der Waals surface area contributed by atoms with Gasteiger partial charge in [0.2, 0.25) is 0 Å². The summed E-state index contributed by atoms with van der Waals surface area (Å²) in [6, 6.07) is 4.01. The second kappa shape index (κ2) is 4.88. The number of nitro groups is 1. The first-order chi connectivity index (χ1) is 7.19. The molecule has 5 heteroatoms. The Morgan fingerprint density at radius 2 is 2.27 bits per heavy atom. The van der Waals surface area contributed by atoms with Gasteiger partial charge in [0.05, 0.1) is 10.5 Å². The van der Waals surface area contributed by atoms with E-state index in [0.717, 1.165) is 0 Å². The zero-order chi connectivity index (χ0) is 11.3. The highest BCUT2D eigenvalue weighted by molar-refractivity contribution is 5.81. The van der Waals surface area contributed by atoms with Gasteiger partial charge in [0, 0.05) is 11.6 Å². The minimum Gasteiger partial charge on any atom is -0.384 e. The fraction of sp³-hybridized carbons (Fsp3) is 0.100. The summed E-state index contributed by atoms with van der Waals surface area (Å²) in [5.74, 6) is 4.88. The van der Waals surface area contributed by atoms with Gasteiger partial charge in [-0.2, -0.15) is 0 Å². The normalized spacial score (nSPS) is 8.87. The Kier molecular flexibility index (Phi) is 3.55. The van der Waals surface area contributed by atoms with E-state index in [-0.39, 0.29) is 17.9 Å². The second-order valence-corrected chi connectivity index (χ2v) is 2.61. The Balaban J connectivity index is 3.21. The van der Waals surface area contributed by atoms with Crippen LogP contribution in [0.2, 0.25) is 0 Å². The van der Waals surface area contributed by atoms with Crippen molar-refractivity contribution in [2.24, 2.45) is 0 Å². The van der Waals surface area contributed by atoms with Crippen LogP contribution in [0.4, 0.5) is 5.69 Å². The highest BCUT2D eigenvalue weighted by atomic mass is 16.6. The summed E-state index contributed by atoms with van der Waals surface area (Å²) < 4.78 is 0. The van der Waals surface area contributed by atoms with Crippen molar-refractivity contribution >= 4 is 12.0 Å². The third-order valence-electron chi connectivity index (χ3n) is 1.67.